The maximum Gasteiger partial charge on any atom is 0.131 e. The van der Waals surface area contributed by atoms with Gasteiger partial charge in [0.2, 0.25) is 0 Å². The normalized spacial score (nSPS) is 11.8. The molecule has 0 spiro atoms. The zero-order valence-electron chi connectivity index (χ0n) is 14.4. The van der Waals surface area contributed by atoms with Crippen LogP contribution >= 0.6 is 12.4 Å². The average molecular weight is 359 g/mol. The number of aliphatic hydroxyl groups excluding tert-OH is 1. The molecule has 0 unspecified atom stereocenters. The molecule has 2 N–H and O–H groups in total. The van der Waals surface area contributed by atoms with Crippen LogP contribution in [0.1, 0.15) is 5.56 Å². The average Bonchev–Trinajstić information content (AvgIpc) is 2.60. The fourth-order valence-electron chi connectivity index (χ4n) is 2.62. The number of nitrogens with zero attached hydrogens (tertiary/aromatic N) is 1. The molecule has 0 radical (unpaired) electrons. The van der Waals surface area contributed by atoms with Gasteiger partial charge in [0.25, 0.3) is 0 Å². The van der Waals surface area contributed by atoms with E-state index in [0.717, 1.165) is 27.9 Å². The summed E-state index contributed by atoms with van der Waals surface area (Å²) in [5.41, 5.74) is 4.01. The smallest absolute Gasteiger partial charge is 0.131 e. The maximum atomic E-state index is 9.90. The van der Waals surface area contributed by atoms with E-state index < -0.39 is 6.10 Å². The zero-order chi connectivity index (χ0) is 16.9. The second-order valence-corrected chi connectivity index (χ2v) is 5.91. The van der Waals surface area contributed by atoms with Gasteiger partial charge in [-0.25, -0.2) is 4.98 Å². The molecule has 132 valence electrons. The van der Waals surface area contributed by atoms with E-state index in [-0.39, 0.29) is 19.0 Å². The van der Waals surface area contributed by atoms with Gasteiger partial charge in [-0.1, -0.05) is 42.0 Å². The van der Waals surface area contributed by atoms with Crippen molar-refractivity contribution < 1.29 is 9.84 Å². The van der Waals surface area contributed by atoms with Crippen LogP contribution in [0.4, 0.5) is 0 Å². The third kappa shape index (κ3) is 4.69. The molecule has 1 atom stereocenters. The van der Waals surface area contributed by atoms with Gasteiger partial charge in [0, 0.05) is 23.6 Å². The molecule has 0 fully saturated rings. The molecule has 0 amide bonds. The Kier molecular flexibility index (Phi) is 6.76. The molecule has 0 bridgehead atoms. The third-order valence-corrected chi connectivity index (χ3v) is 3.90. The highest BCUT2D eigenvalue weighted by molar-refractivity contribution is 5.87. The number of hydrogen-bond acceptors (Lipinski definition) is 4. The predicted octanol–water partition coefficient (Wildman–Crippen LogP) is 3.59. The summed E-state index contributed by atoms with van der Waals surface area (Å²) in [4.78, 5) is 4.74. The number of aromatic nitrogens is 1. The Hall–Kier alpha value is -2.14. The molecule has 0 aliphatic heterocycles. The number of aliphatic hydroxyl groups is 1. The van der Waals surface area contributed by atoms with Crippen molar-refractivity contribution in [2.75, 3.05) is 20.2 Å². The molecule has 0 aliphatic rings. The molecule has 5 heteroatoms. The zero-order valence-corrected chi connectivity index (χ0v) is 15.2. The summed E-state index contributed by atoms with van der Waals surface area (Å²) in [6.45, 7) is 2.80. The van der Waals surface area contributed by atoms with Crippen molar-refractivity contribution in [1.82, 2.24) is 10.3 Å². The number of rotatable bonds is 6. The number of hydrogen-bond donors (Lipinski definition) is 2. The van der Waals surface area contributed by atoms with Gasteiger partial charge in [0.15, 0.2) is 0 Å². The highest BCUT2D eigenvalue weighted by atomic mass is 35.5. The summed E-state index contributed by atoms with van der Waals surface area (Å²) in [7, 11) is 1.81. The van der Waals surface area contributed by atoms with E-state index in [1.165, 1.54) is 5.56 Å². The molecule has 0 saturated heterocycles. The van der Waals surface area contributed by atoms with E-state index in [1.807, 2.05) is 30.3 Å². The molecule has 0 saturated carbocycles. The van der Waals surface area contributed by atoms with E-state index in [0.29, 0.717) is 6.54 Å². The summed E-state index contributed by atoms with van der Waals surface area (Å²) >= 11 is 0. The topological polar surface area (TPSA) is 54.4 Å². The van der Waals surface area contributed by atoms with Crippen LogP contribution in [-0.2, 0) is 0 Å². The maximum absolute atomic E-state index is 9.90. The van der Waals surface area contributed by atoms with Crippen LogP contribution in [0, 0.1) is 6.92 Å². The van der Waals surface area contributed by atoms with E-state index in [9.17, 15) is 5.11 Å². The molecule has 0 aliphatic carbocycles. The predicted molar refractivity (Wildman–Crippen MR) is 105 cm³/mol. The fraction of sp³-hybridized carbons (Fsp3) is 0.250. The first-order valence-electron chi connectivity index (χ1n) is 8.09. The van der Waals surface area contributed by atoms with Gasteiger partial charge < -0.3 is 15.2 Å². The van der Waals surface area contributed by atoms with Crippen LogP contribution in [0.25, 0.3) is 22.2 Å². The Labute approximate surface area is 154 Å². The van der Waals surface area contributed by atoms with E-state index in [2.05, 4.69) is 36.5 Å². The lowest BCUT2D eigenvalue weighted by Crippen LogP contribution is -2.29. The first-order chi connectivity index (χ1) is 11.7. The van der Waals surface area contributed by atoms with Crippen LogP contribution in [0.3, 0.4) is 0 Å². The Morgan fingerprint density at radius 3 is 2.56 bits per heavy atom. The van der Waals surface area contributed by atoms with Crippen molar-refractivity contribution in [2.24, 2.45) is 0 Å². The van der Waals surface area contributed by atoms with Crippen molar-refractivity contribution >= 4 is 23.3 Å². The monoisotopic (exact) mass is 358 g/mol. The number of nitrogens with one attached hydrogen (secondary N) is 1. The number of pyridine rings is 1. The molecule has 3 aromatic rings. The van der Waals surface area contributed by atoms with Gasteiger partial charge in [0.05, 0.1) is 11.2 Å². The van der Waals surface area contributed by atoms with Crippen molar-refractivity contribution in [2.45, 2.75) is 13.0 Å². The summed E-state index contributed by atoms with van der Waals surface area (Å²) in [6.07, 6.45) is -0.551. The minimum atomic E-state index is -0.551. The van der Waals surface area contributed by atoms with Crippen molar-refractivity contribution in [1.29, 1.82) is 0 Å². The van der Waals surface area contributed by atoms with Gasteiger partial charge in [-0.2, -0.15) is 0 Å². The standard InChI is InChI=1S/C20H22N2O2.ClH/c1-14-7-9-15(10-8-14)19-11-20(24-13-16(23)12-21-2)17-5-3-4-6-18(17)22-19;/h3-11,16,21,23H,12-13H2,1-2H3;1H/t16-;/m0./s1. The van der Waals surface area contributed by atoms with Crippen LogP contribution in [0.5, 0.6) is 5.75 Å². The number of likely N-dealkylation sites (N-methyl/N-ethyl adjacent to an activating group) is 1. The minimum Gasteiger partial charge on any atom is -0.490 e. The molecule has 3 rings (SSSR count). The first kappa shape index (κ1) is 19.2. The Bertz CT molecular complexity index is 822. The second kappa shape index (κ2) is 8.81. The lowest BCUT2D eigenvalue weighted by molar-refractivity contribution is 0.109. The number of benzene rings is 2. The number of aryl methyl sites for hydroxylation is 1. The number of ether oxygens (including phenoxy) is 1. The van der Waals surface area contributed by atoms with Crippen LogP contribution in [-0.4, -0.2) is 36.4 Å². The van der Waals surface area contributed by atoms with Crippen LogP contribution in [0.2, 0.25) is 0 Å². The number of fused-ring (bicyclic) bond motifs is 1. The fourth-order valence-corrected chi connectivity index (χ4v) is 2.62. The highest BCUT2D eigenvalue weighted by Crippen LogP contribution is 2.30. The molecule has 2 aromatic carbocycles. The molecule has 1 heterocycles. The Balaban J connectivity index is 0.00000225. The van der Waals surface area contributed by atoms with Gasteiger partial charge in [-0.05, 0) is 26.1 Å². The lowest BCUT2D eigenvalue weighted by atomic mass is 10.1. The number of halogens is 1. The third-order valence-electron chi connectivity index (χ3n) is 3.90. The molecular formula is C20H23ClN2O2. The molecule has 4 nitrogen and oxygen atoms in total. The van der Waals surface area contributed by atoms with Crippen molar-refractivity contribution in [3.05, 3.63) is 60.2 Å². The van der Waals surface area contributed by atoms with Crippen molar-refractivity contribution in [3.8, 4) is 17.0 Å². The highest BCUT2D eigenvalue weighted by Gasteiger charge is 2.10. The van der Waals surface area contributed by atoms with Crippen LogP contribution < -0.4 is 10.1 Å². The van der Waals surface area contributed by atoms with E-state index in [1.54, 1.807) is 7.05 Å². The summed E-state index contributed by atoms with van der Waals surface area (Å²) in [5, 5.41) is 13.8. The lowest BCUT2D eigenvalue weighted by Gasteiger charge is -2.14. The Morgan fingerprint density at radius 1 is 1.12 bits per heavy atom. The second-order valence-electron chi connectivity index (χ2n) is 5.91. The largest absolute Gasteiger partial charge is 0.490 e. The molecule has 1 aromatic heterocycles. The summed E-state index contributed by atoms with van der Waals surface area (Å²) in [5.74, 6) is 0.742. The molecule has 25 heavy (non-hydrogen) atoms. The minimum absolute atomic E-state index is 0. The van der Waals surface area contributed by atoms with Gasteiger partial charge in [0.1, 0.15) is 18.5 Å². The van der Waals surface area contributed by atoms with E-state index in [4.69, 9.17) is 9.72 Å². The van der Waals surface area contributed by atoms with Gasteiger partial charge in [-0.3, -0.25) is 0 Å². The number of para-hydroxylation sites is 1. The van der Waals surface area contributed by atoms with Gasteiger partial charge >= 0.3 is 0 Å². The molecular weight excluding hydrogens is 336 g/mol. The quantitative estimate of drug-likeness (QED) is 0.707. The summed E-state index contributed by atoms with van der Waals surface area (Å²) < 4.78 is 5.89. The van der Waals surface area contributed by atoms with E-state index >= 15 is 0 Å². The van der Waals surface area contributed by atoms with Crippen LogP contribution in [0.15, 0.2) is 54.6 Å². The first-order valence-corrected chi connectivity index (χ1v) is 8.09. The summed E-state index contributed by atoms with van der Waals surface area (Å²) in [6, 6.07) is 18.1. The Morgan fingerprint density at radius 2 is 1.84 bits per heavy atom. The van der Waals surface area contributed by atoms with Gasteiger partial charge in [-0.15, -0.1) is 12.4 Å². The SMILES string of the molecule is CNC[C@H](O)COc1cc(-c2ccc(C)cc2)nc2ccccc12.Cl. The van der Waals surface area contributed by atoms with Crippen molar-refractivity contribution in [3.63, 3.8) is 0 Å².